The number of nitrogen functional groups attached to an aromatic ring is 1. The van der Waals surface area contributed by atoms with Gasteiger partial charge in [-0.2, -0.15) is 4.98 Å². The van der Waals surface area contributed by atoms with Gasteiger partial charge < -0.3 is 11.1 Å². The number of anilines is 2. The summed E-state index contributed by atoms with van der Waals surface area (Å²) in [6.45, 7) is 1.34. The molecule has 7 nitrogen and oxygen atoms in total. The van der Waals surface area contributed by atoms with Crippen LogP contribution in [0.3, 0.4) is 0 Å². The zero-order chi connectivity index (χ0) is 18.3. The first-order valence-corrected chi connectivity index (χ1v) is 8.93. The fourth-order valence-electron chi connectivity index (χ4n) is 3.60. The average molecular weight is 351 g/mol. The summed E-state index contributed by atoms with van der Waals surface area (Å²) in [5, 5.41) is 3.87. The van der Waals surface area contributed by atoms with Crippen LogP contribution in [-0.4, -0.2) is 26.4 Å². The molecule has 1 fully saturated rings. The quantitative estimate of drug-likeness (QED) is 0.821. The van der Waals surface area contributed by atoms with Crippen LogP contribution in [0.25, 0.3) is 16.7 Å². The Morgan fingerprint density at radius 2 is 2.04 bits per heavy atom. The van der Waals surface area contributed by atoms with Crippen molar-refractivity contribution in [1.82, 2.24) is 14.5 Å². The van der Waals surface area contributed by atoms with Crippen LogP contribution in [0.5, 0.6) is 0 Å². The van der Waals surface area contributed by atoms with Gasteiger partial charge in [-0.15, -0.1) is 0 Å². The van der Waals surface area contributed by atoms with Crippen LogP contribution in [-0.2, 0) is 0 Å². The highest BCUT2D eigenvalue weighted by Crippen LogP contribution is 2.27. The lowest BCUT2D eigenvalue weighted by molar-refractivity contribution is 0.101. The second-order valence-corrected chi connectivity index (χ2v) is 6.85. The van der Waals surface area contributed by atoms with E-state index in [2.05, 4.69) is 15.3 Å². The van der Waals surface area contributed by atoms with E-state index >= 15 is 0 Å². The van der Waals surface area contributed by atoms with Crippen LogP contribution in [0.2, 0.25) is 0 Å². The molecule has 2 aromatic rings. The highest BCUT2D eigenvalue weighted by Gasteiger charge is 2.22. The fourth-order valence-corrected chi connectivity index (χ4v) is 3.60. The third-order valence-electron chi connectivity index (χ3n) is 5.04. The number of nitrogens with zero attached hydrogens (tertiary/aromatic N) is 3. The van der Waals surface area contributed by atoms with Gasteiger partial charge in [0, 0.05) is 12.2 Å². The molecule has 7 heteroatoms. The first-order chi connectivity index (χ1) is 12.6. The molecule has 134 valence electrons. The lowest BCUT2D eigenvalue weighted by atomic mass is 9.96. The summed E-state index contributed by atoms with van der Waals surface area (Å²) in [6, 6.07) is 0.345. The van der Waals surface area contributed by atoms with Crippen LogP contribution in [0.1, 0.15) is 49.4 Å². The summed E-state index contributed by atoms with van der Waals surface area (Å²) in [5.74, 6) is 0.118. The summed E-state index contributed by atoms with van der Waals surface area (Å²) < 4.78 is 1.44. The van der Waals surface area contributed by atoms with E-state index in [9.17, 15) is 9.59 Å². The predicted molar refractivity (Wildman–Crippen MR) is 102 cm³/mol. The maximum atomic E-state index is 12.9. The van der Waals surface area contributed by atoms with E-state index in [0.717, 1.165) is 12.8 Å². The van der Waals surface area contributed by atoms with E-state index in [1.165, 1.54) is 30.8 Å². The number of pyridine rings is 1. The van der Waals surface area contributed by atoms with E-state index in [0.29, 0.717) is 28.7 Å². The number of hydrogen-bond acceptors (Lipinski definition) is 6. The first kappa shape index (κ1) is 16.5. The van der Waals surface area contributed by atoms with Gasteiger partial charge in [0.1, 0.15) is 5.56 Å². The second-order valence-electron chi connectivity index (χ2n) is 6.85. The Bertz CT molecular complexity index is 1010. The zero-order valence-electron chi connectivity index (χ0n) is 14.7. The number of fused-ring (bicyclic) bond motifs is 1. The highest BCUT2D eigenvalue weighted by atomic mass is 16.1. The van der Waals surface area contributed by atoms with Crippen molar-refractivity contribution in [3.8, 4) is 0 Å². The number of carbonyl (C=O) groups is 1. The van der Waals surface area contributed by atoms with Gasteiger partial charge in [-0.05, 0) is 31.9 Å². The van der Waals surface area contributed by atoms with Gasteiger partial charge in [-0.1, -0.05) is 25.3 Å². The van der Waals surface area contributed by atoms with Gasteiger partial charge >= 0.3 is 0 Å². The molecule has 0 atom stereocenters. The van der Waals surface area contributed by atoms with Crippen molar-refractivity contribution >= 4 is 34.1 Å². The van der Waals surface area contributed by atoms with E-state index in [-0.39, 0.29) is 17.0 Å². The third-order valence-corrected chi connectivity index (χ3v) is 5.04. The SMILES string of the molecule is CC(=O)c1c(N)c2cnc(NC3CCCCC3)nc2n(C2=CC=C2)c1=O. The van der Waals surface area contributed by atoms with Gasteiger partial charge in [-0.25, -0.2) is 4.98 Å². The normalized spacial score (nSPS) is 17.0. The number of ketones is 1. The standard InChI is InChI=1S/C19H21N5O2/c1-11(25)15-16(20)14-10-21-19(22-12-6-3-2-4-7-12)23-17(14)24(18(15)26)13-8-5-9-13/h5,8-10,12H,2-4,6-7,20H2,1H3,(H,21,22,23). The van der Waals surface area contributed by atoms with Gasteiger partial charge in [0.15, 0.2) is 11.4 Å². The zero-order valence-corrected chi connectivity index (χ0v) is 14.7. The Morgan fingerprint density at radius 1 is 1.31 bits per heavy atom. The minimum atomic E-state index is -0.444. The Morgan fingerprint density at radius 3 is 2.65 bits per heavy atom. The van der Waals surface area contributed by atoms with Gasteiger partial charge in [0.25, 0.3) is 5.56 Å². The molecule has 0 bridgehead atoms. The second kappa shape index (κ2) is 6.40. The van der Waals surface area contributed by atoms with Crippen LogP contribution in [0.4, 0.5) is 11.6 Å². The summed E-state index contributed by atoms with van der Waals surface area (Å²) in [5.41, 5.74) is 6.89. The van der Waals surface area contributed by atoms with E-state index in [1.807, 2.05) is 6.08 Å². The van der Waals surface area contributed by atoms with E-state index in [4.69, 9.17) is 5.73 Å². The van der Waals surface area contributed by atoms with Crippen molar-refractivity contribution in [2.24, 2.45) is 0 Å². The predicted octanol–water partition coefficient (Wildman–Crippen LogP) is 2.73. The Hall–Kier alpha value is -2.96. The van der Waals surface area contributed by atoms with Crippen LogP contribution < -0.4 is 16.6 Å². The number of rotatable bonds is 4. The van der Waals surface area contributed by atoms with Gasteiger partial charge in [0.2, 0.25) is 5.95 Å². The molecule has 1 saturated carbocycles. The molecule has 0 unspecified atom stereocenters. The molecule has 0 aliphatic heterocycles. The fraction of sp³-hybridized carbons (Fsp3) is 0.368. The summed E-state index contributed by atoms with van der Waals surface area (Å²) in [4.78, 5) is 33.8. The van der Waals surface area contributed by atoms with Crippen molar-refractivity contribution in [2.75, 3.05) is 11.1 Å². The van der Waals surface area contributed by atoms with Crippen LogP contribution in [0, 0.1) is 0 Å². The highest BCUT2D eigenvalue weighted by molar-refractivity contribution is 6.06. The van der Waals surface area contributed by atoms with Crippen molar-refractivity contribution in [3.05, 3.63) is 40.3 Å². The van der Waals surface area contributed by atoms with Crippen LogP contribution >= 0.6 is 0 Å². The van der Waals surface area contributed by atoms with Crippen LogP contribution in [0.15, 0.2) is 29.2 Å². The van der Waals surface area contributed by atoms with Crippen molar-refractivity contribution in [2.45, 2.75) is 45.1 Å². The summed E-state index contributed by atoms with van der Waals surface area (Å²) in [6.07, 6.45) is 12.9. The molecule has 26 heavy (non-hydrogen) atoms. The Kier molecular flexibility index (Phi) is 4.06. The summed E-state index contributed by atoms with van der Waals surface area (Å²) in [7, 11) is 0. The topological polar surface area (TPSA) is 103 Å². The average Bonchev–Trinajstić information content (AvgIpc) is 2.57. The summed E-state index contributed by atoms with van der Waals surface area (Å²) >= 11 is 0. The minimum Gasteiger partial charge on any atom is -0.397 e. The molecule has 0 spiro atoms. The molecule has 2 heterocycles. The number of Topliss-reactive ketones (excluding diaryl/α,β-unsaturated/α-hetero) is 1. The number of nitrogens with one attached hydrogen (secondary N) is 1. The third kappa shape index (κ3) is 2.69. The first-order valence-electron chi connectivity index (χ1n) is 8.93. The maximum absolute atomic E-state index is 12.9. The maximum Gasteiger partial charge on any atom is 0.269 e. The molecule has 2 aliphatic carbocycles. The van der Waals surface area contributed by atoms with E-state index < -0.39 is 5.56 Å². The number of allylic oxidation sites excluding steroid dienone is 4. The van der Waals surface area contributed by atoms with E-state index in [1.54, 1.807) is 18.3 Å². The molecule has 0 amide bonds. The number of hydrogen-bond donors (Lipinski definition) is 2. The van der Waals surface area contributed by atoms with Gasteiger partial charge in [0.05, 0.1) is 16.8 Å². The number of nitrogens with two attached hydrogens (primary N) is 1. The molecule has 2 aliphatic rings. The number of carbonyl (C=O) groups excluding carboxylic acids is 1. The van der Waals surface area contributed by atoms with Crippen molar-refractivity contribution in [1.29, 1.82) is 0 Å². The molecule has 0 radical (unpaired) electrons. The van der Waals surface area contributed by atoms with Crippen molar-refractivity contribution < 1.29 is 4.79 Å². The van der Waals surface area contributed by atoms with Gasteiger partial charge in [-0.3, -0.25) is 14.2 Å². The monoisotopic (exact) mass is 351 g/mol. The molecular formula is C19H21N5O2. The molecule has 0 aromatic carbocycles. The smallest absolute Gasteiger partial charge is 0.269 e. The lowest BCUT2D eigenvalue weighted by Gasteiger charge is -2.23. The molecule has 3 N–H and O–H groups in total. The molecular weight excluding hydrogens is 330 g/mol. The lowest BCUT2D eigenvalue weighted by Crippen LogP contribution is -2.29. The minimum absolute atomic E-state index is 0.0183. The Balaban J connectivity index is 1.87. The van der Waals surface area contributed by atoms with Crippen molar-refractivity contribution in [3.63, 3.8) is 0 Å². The largest absolute Gasteiger partial charge is 0.397 e. The molecule has 4 rings (SSSR count). The molecule has 2 aromatic heterocycles. The molecule has 0 saturated heterocycles. The Labute approximate surface area is 150 Å². The number of aromatic nitrogens is 3.